The number of nitrogens with two attached hydrogens (primary N) is 1. The van der Waals surface area contributed by atoms with Gasteiger partial charge in [-0.05, 0) is 61.5 Å². The molecule has 3 nitrogen and oxygen atoms in total. The number of carbonyl (C=O) groups excluding carboxylic acids is 1. The number of carbonyl (C=O) groups is 1. The lowest BCUT2D eigenvalue weighted by molar-refractivity contribution is -0.127. The van der Waals surface area contributed by atoms with Crippen molar-refractivity contribution in [3.63, 3.8) is 0 Å². The number of amides is 1. The van der Waals surface area contributed by atoms with E-state index in [0.29, 0.717) is 17.9 Å². The van der Waals surface area contributed by atoms with Gasteiger partial charge in [-0.1, -0.05) is 37.6 Å². The minimum atomic E-state index is 0.188. The van der Waals surface area contributed by atoms with Gasteiger partial charge in [-0.2, -0.15) is 0 Å². The van der Waals surface area contributed by atoms with E-state index in [1.807, 2.05) is 0 Å². The Balaban J connectivity index is 1.46. The highest BCUT2D eigenvalue weighted by Gasteiger charge is 2.40. The SMILES string of the molecule is CCc1ccc(CCNC(=O)C2CC3CCCC(C2)C3N)cc1. The van der Waals surface area contributed by atoms with E-state index in [4.69, 9.17) is 5.73 Å². The van der Waals surface area contributed by atoms with E-state index in [0.717, 1.165) is 32.2 Å². The van der Waals surface area contributed by atoms with Crippen molar-refractivity contribution in [2.75, 3.05) is 6.54 Å². The minimum absolute atomic E-state index is 0.188. The van der Waals surface area contributed by atoms with Crippen molar-refractivity contribution >= 4 is 5.91 Å². The van der Waals surface area contributed by atoms with Crippen LogP contribution < -0.4 is 11.1 Å². The lowest BCUT2D eigenvalue weighted by atomic mass is 9.65. The Kier molecular flexibility index (Phi) is 5.37. The summed E-state index contributed by atoms with van der Waals surface area (Å²) >= 11 is 0. The zero-order valence-electron chi connectivity index (χ0n) is 14.3. The number of fused-ring (bicyclic) bond motifs is 2. The first kappa shape index (κ1) is 16.5. The van der Waals surface area contributed by atoms with Crippen LogP contribution in [0.25, 0.3) is 0 Å². The molecule has 2 aliphatic carbocycles. The van der Waals surface area contributed by atoms with Crippen LogP contribution in [0.2, 0.25) is 0 Å². The Morgan fingerprint density at radius 3 is 2.35 bits per heavy atom. The van der Waals surface area contributed by atoms with Gasteiger partial charge in [-0.25, -0.2) is 0 Å². The highest BCUT2D eigenvalue weighted by atomic mass is 16.1. The molecule has 0 spiro atoms. The Morgan fingerprint density at radius 1 is 1.13 bits per heavy atom. The molecule has 2 atom stereocenters. The molecule has 2 unspecified atom stereocenters. The molecule has 2 saturated carbocycles. The molecule has 2 bridgehead atoms. The average Bonchev–Trinajstić information content (AvgIpc) is 2.55. The second-order valence-electron chi connectivity index (χ2n) is 7.41. The smallest absolute Gasteiger partial charge is 0.223 e. The summed E-state index contributed by atoms with van der Waals surface area (Å²) in [7, 11) is 0. The maximum atomic E-state index is 12.5. The monoisotopic (exact) mass is 314 g/mol. The van der Waals surface area contributed by atoms with Crippen LogP contribution in [0.4, 0.5) is 0 Å². The lowest BCUT2D eigenvalue weighted by Crippen LogP contribution is -2.49. The van der Waals surface area contributed by atoms with Crippen LogP contribution in [0.1, 0.15) is 50.2 Å². The number of nitrogens with one attached hydrogen (secondary N) is 1. The summed E-state index contributed by atoms with van der Waals surface area (Å²) in [5.74, 6) is 1.58. The molecular formula is C20H30N2O. The molecule has 126 valence electrons. The molecule has 0 aromatic heterocycles. The lowest BCUT2D eigenvalue weighted by Gasteiger charge is -2.43. The summed E-state index contributed by atoms with van der Waals surface area (Å²) in [5.41, 5.74) is 8.97. The van der Waals surface area contributed by atoms with Crippen molar-refractivity contribution < 1.29 is 4.79 Å². The predicted molar refractivity (Wildman–Crippen MR) is 94.1 cm³/mol. The molecule has 0 heterocycles. The Hall–Kier alpha value is -1.35. The number of hydrogen-bond donors (Lipinski definition) is 2. The van der Waals surface area contributed by atoms with Crippen LogP contribution in [0, 0.1) is 17.8 Å². The zero-order valence-corrected chi connectivity index (χ0v) is 14.3. The van der Waals surface area contributed by atoms with Crippen LogP contribution in [-0.4, -0.2) is 18.5 Å². The predicted octanol–water partition coefficient (Wildman–Crippen LogP) is 3.06. The molecule has 3 N–H and O–H groups in total. The van der Waals surface area contributed by atoms with E-state index in [1.54, 1.807) is 0 Å². The minimum Gasteiger partial charge on any atom is -0.356 e. The van der Waals surface area contributed by atoms with Crippen LogP contribution >= 0.6 is 0 Å². The number of hydrogen-bond acceptors (Lipinski definition) is 2. The first-order valence-corrected chi connectivity index (χ1v) is 9.28. The first-order chi connectivity index (χ1) is 11.2. The largest absolute Gasteiger partial charge is 0.356 e. The first-order valence-electron chi connectivity index (χ1n) is 9.28. The fourth-order valence-electron chi connectivity index (χ4n) is 4.42. The van der Waals surface area contributed by atoms with Crippen LogP contribution in [0.15, 0.2) is 24.3 Å². The molecular weight excluding hydrogens is 284 g/mol. The molecule has 23 heavy (non-hydrogen) atoms. The van der Waals surface area contributed by atoms with Gasteiger partial charge in [0, 0.05) is 18.5 Å². The van der Waals surface area contributed by atoms with Crippen molar-refractivity contribution in [2.45, 2.75) is 57.9 Å². The van der Waals surface area contributed by atoms with Crippen molar-refractivity contribution in [2.24, 2.45) is 23.5 Å². The van der Waals surface area contributed by atoms with Crippen molar-refractivity contribution in [3.8, 4) is 0 Å². The Labute approximate surface area is 140 Å². The van der Waals surface area contributed by atoms with Gasteiger partial charge in [-0.15, -0.1) is 0 Å². The molecule has 3 heteroatoms. The summed E-state index contributed by atoms with van der Waals surface area (Å²) in [6.45, 7) is 2.91. The normalized spacial score (nSPS) is 30.0. The number of rotatable bonds is 5. The van der Waals surface area contributed by atoms with E-state index in [1.165, 1.54) is 30.4 Å². The fourth-order valence-corrected chi connectivity index (χ4v) is 4.42. The molecule has 2 aliphatic rings. The summed E-state index contributed by atoms with van der Waals surface area (Å²) in [6.07, 6.45) is 7.70. The second-order valence-corrected chi connectivity index (χ2v) is 7.41. The van der Waals surface area contributed by atoms with Gasteiger partial charge < -0.3 is 11.1 Å². The quantitative estimate of drug-likeness (QED) is 0.877. The van der Waals surface area contributed by atoms with Crippen LogP contribution in [0.3, 0.4) is 0 Å². The van der Waals surface area contributed by atoms with E-state index in [-0.39, 0.29) is 11.8 Å². The van der Waals surface area contributed by atoms with E-state index < -0.39 is 0 Å². The highest BCUT2D eigenvalue weighted by Crippen LogP contribution is 2.41. The molecule has 1 aromatic carbocycles. The maximum absolute atomic E-state index is 12.5. The standard InChI is InChI=1S/C20H30N2O/c1-2-14-6-8-15(9-7-14)10-11-22-20(23)18-12-16-4-3-5-17(13-18)19(16)21/h6-9,16-19H,2-5,10-13,21H2,1H3,(H,22,23). The van der Waals surface area contributed by atoms with E-state index in [2.05, 4.69) is 36.5 Å². The molecule has 0 saturated heterocycles. The van der Waals surface area contributed by atoms with Crippen LogP contribution in [0.5, 0.6) is 0 Å². The van der Waals surface area contributed by atoms with Gasteiger partial charge >= 0.3 is 0 Å². The molecule has 2 fully saturated rings. The maximum Gasteiger partial charge on any atom is 0.223 e. The van der Waals surface area contributed by atoms with Crippen molar-refractivity contribution in [1.82, 2.24) is 5.32 Å². The molecule has 1 amide bonds. The van der Waals surface area contributed by atoms with Gasteiger partial charge in [0.15, 0.2) is 0 Å². The molecule has 1 aromatic rings. The molecule has 3 rings (SSSR count). The van der Waals surface area contributed by atoms with Gasteiger partial charge in [-0.3, -0.25) is 4.79 Å². The topological polar surface area (TPSA) is 55.1 Å². The summed E-state index contributed by atoms with van der Waals surface area (Å²) in [4.78, 5) is 12.5. The van der Waals surface area contributed by atoms with Gasteiger partial charge in [0.1, 0.15) is 0 Å². The third-order valence-electron chi connectivity index (χ3n) is 5.93. The Bertz CT molecular complexity index is 511. The summed E-state index contributed by atoms with van der Waals surface area (Å²) in [5, 5.41) is 3.15. The zero-order chi connectivity index (χ0) is 16.2. The van der Waals surface area contributed by atoms with E-state index >= 15 is 0 Å². The fraction of sp³-hybridized carbons (Fsp3) is 0.650. The number of aryl methyl sites for hydroxylation is 1. The van der Waals surface area contributed by atoms with Crippen LogP contribution in [-0.2, 0) is 17.6 Å². The molecule has 0 radical (unpaired) electrons. The Morgan fingerprint density at radius 2 is 1.74 bits per heavy atom. The average molecular weight is 314 g/mol. The van der Waals surface area contributed by atoms with Crippen molar-refractivity contribution in [1.29, 1.82) is 0 Å². The van der Waals surface area contributed by atoms with E-state index in [9.17, 15) is 4.79 Å². The van der Waals surface area contributed by atoms with Crippen molar-refractivity contribution in [3.05, 3.63) is 35.4 Å². The summed E-state index contributed by atoms with van der Waals surface area (Å²) < 4.78 is 0. The third-order valence-corrected chi connectivity index (χ3v) is 5.93. The van der Waals surface area contributed by atoms with Gasteiger partial charge in [0.2, 0.25) is 5.91 Å². The summed E-state index contributed by atoms with van der Waals surface area (Å²) in [6, 6.07) is 9.05. The number of benzene rings is 1. The third kappa shape index (κ3) is 3.95. The molecule has 0 aliphatic heterocycles. The second kappa shape index (κ2) is 7.48. The van der Waals surface area contributed by atoms with Gasteiger partial charge in [0.25, 0.3) is 0 Å². The van der Waals surface area contributed by atoms with Gasteiger partial charge in [0.05, 0.1) is 0 Å². The highest BCUT2D eigenvalue weighted by molar-refractivity contribution is 5.78.